The lowest BCUT2D eigenvalue weighted by Gasteiger charge is -2.28. The monoisotopic (exact) mass is 484 g/mol. The normalized spacial score (nSPS) is 20.9. The molecule has 1 aliphatic carbocycles. The van der Waals surface area contributed by atoms with Crippen LogP contribution in [0.3, 0.4) is 0 Å². The first-order chi connectivity index (χ1) is 16.1. The summed E-state index contributed by atoms with van der Waals surface area (Å²) in [6.07, 6.45) is 4.11. The molecule has 2 heterocycles. The van der Waals surface area contributed by atoms with Crippen LogP contribution < -0.4 is 15.4 Å². The Hall–Kier alpha value is -2.81. The van der Waals surface area contributed by atoms with Crippen molar-refractivity contribution in [3.63, 3.8) is 0 Å². The predicted molar refractivity (Wildman–Crippen MR) is 133 cm³/mol. The van der Waals surface area contributed by atoms with Crippen LogP contribution in [-0.2, 0) is 4.79 Å². The Kier molecular flexibility index (Phi) is 7.02. The molecule has 2 aromatic rings. The molecule has 0 saturated heterocycles. The molecule has 34 heavy (non-hydrogen) atoms. The van der Waals surface area contributed by atoms with Gasteiger partial charge in [0.2, 0.25) is 5.88 Å². The summed E-state index contributed by atoms with van der Waals surface area (Å²) < 4.78 is 5.72. The van der Waals surface area contributed by atoms with Crippen molar-refractivity contribution in [1.82, 2.24) is 9.97 Å². The first-order valence-electron chi connectivity index (χ1n) is 11.7. The van der Waals surface area contributed by atoms with Crippen LogP contribution in [0.5, 0.6) is 5.88 Å². The smallest absolute Gasteiger partial charge is 0.303 e. The van der Waals surface area contributed by atoms with Gasteiger partial charge in [0.25, 0.3) is 5.91 Å². The van der Waals surface area contributed by atoms with Crippen molar-refractivity contribution in [3.05, 3.63) is 35.4 Å². The van der Waals surface area contributed by atoms with Gasteiger partial charge in [-0.2, -0.15) is 4.98 Å². The van der Waals surface area contributed by atoms with Gasteiger partial charge in [0, 0.05) is 16.9 Å². The lowest BCUT2D eigenvalue weighted by Crippen LogP contribution is -2.32. The van der Waals surface area contributed by atoms with Crippen molar-refractivity contribution in [3.8, 4) is 5.88 Å². The van der Waals surface area contributed by atoms with Gasteiger partial charge in [-0.3, -0.25) is 9.59 Å². The molecule has 0 bridgehead atoms. The van der Waals surface area contributed by atoms with E-state index in [1.807, 2.05) is 12.1 Å². The Balaban J connectivity index is 1.49. The van der Waals surface area contributed by atoms with Crippen LogP contribution in [0.2, 0.25) is 0 Å². The molecule has 8 nitrogen and oxygen atoms in total. The summed E-state index contributed by atoms with van der Waals surface area (Å²) in [5, 5.41) is 9.52. The van der Waals surface area contributed by atoms with Crippen molar-refractivity contribution in [1.29, 1.82) is 0 Å². The van der Waals surface area contributed by atoms with Crippen LogP contribution >= 0.6 is 11.8 Å². The zero-order valence-electron chi connectivity index (χ0n) is 19.9. The van der Waals surface area contributed by atoms with E-state index in [1.54, 1.807) is 4.90 Å². The van der Waals surface area contributed by atoms with Gasteiger partial charge in [0.1, 0.15) is 18.0 Å². The molecule has 1 aromatic carbocycles. The number of nitrogens with zero attached hydrogens (tertiary/aromatic N) is 3. The third-order valence-corrected chi connectivity index (χ3v) is 7.26. The summed E-state index contributed by atoms with van der Waals surface area (Å²) in [6.45, 7) is 6.87. The average Bonchev–Trinajstić information content (AvgIpc) is 2.92. The number of rotatable bonds is 5. The molecule has 3 N–H and O–H groups in total. The average molecular weight is 485 g/mol. The topological polar surface area (TPSA) is 119 Å². The fourth-order valence-corrected chi connectivity index (χ4v) is 5.47. The maximum absolute atomic E-state index is 13.4. The number of aromatic nitrogens is 2. The van der Waals surface area contributed by atoms with Crippen LogP contribution in [0.25, 0.3) is 0 Å². The Labute approximate surface area is 204 Å². The van der Waals surface area contributed by atoms with Crippen LogP contribution in [0.15, 0.2) is 29.4 Å². The molecular weight excluding hydrogens is 452 g/mol. The standard InChI is InChI=1S/C25H32N4O4S/c1-25(2,3)34-24-27-21(26)20-22(28-24)33-13-12-29(23(20)32)18-10-8-17(9-11-18)16-6-4-15(5-7-16)14-19(30)31/h8-11,15-16H,4-7,12-14H2,1-3H3,(H,30,31)(H2,26,27,28)/t15-,16-. The van der Waals surface area contributed by atoms with Crippen molar-refractivity contribution in [2.75, 3.05) is 23.8 Å². The summed E-state index contributed by atoms with van der Waals surface area (Å²) in [7, 11) is 0. The third kappa shape index (κ3) is 5.63. The van der Waals surface area contributed by atoms with E-state index in [2.05, 4.69) is 42.9 Å². The summed E-state index contributed by atoms with van der Waals surface area (Å²) >= 11 is 1.47. The number of ether oxygens (including phenoxy) is 1. The summed E-state index contributed by atoms with van der Waals surface area (Å²) in [5.41, 5.74) is 8.40. The second kappa shape index (κ2) is 9.82. The second-order valence-electron chi connectivity index (χ2n) is 10.00. The summed E-state index contributed by atoms with van der Waals surface area (Å²) in [5.74, 6) is 0.0865. The van der Waals surface area contributed by atoms with Crippen molar-refractivity contribution >= 4 is 35.1 Å². The number of hydrogen-bond donors (Lipinski definition) is 2. The van der Waals surface area contributed by atoms with Gasteiger partial charge in [0.15, 0.2) is 5.16 Å². The number of hydrogen-bond acceptors (Lipinski definition) is 7. The fourth-order valence-electron chi connectivity index (χ4n) is 4.65. The zero-order chi connectivity index (χ0) is 24.5. The maximum Gasteiger partial charge on any atom is 0.303 e. The Morgan fingerprint density at radius 2 is 1.85 bits per heavy atom. The third-order valence-electron chi connectivity index (χ3n) is 6.28. The van der Waals surface area contributed by atoms with Crippen molar-refractivity contribution < 1.29 is 19.4 Å². The molecule has 1 amide bonds. The van der Waals surface area contributed by atoms with Gasteiger partial charge in [-0.1, -0.05) is 44.7 Å². The molecule has 0 atom stereocenters. The molecule has 0 unspecified atom stereocenters. The maximum atomic E-state index is 13.4. The lowest BCUT2D eigenvalue weighted by atomic mass is 9.77. The number of fused-ring (bicyclic) bond motifs is 1. The van der Waals surface area contributed by atoms with Gasteiger partial charge < -0.3 is 20.5 Å². The minimum atomic E-state index is -0.712. The highest BCUT2D eigenvalue weighted by molar-refractivity contribution is 8.00. The second-order valence-corrected chi connectivity index (χ2v) is 11.8. The number of carboxylic acid groups (broad SMARTS) is 1. The molecule has 0 spiro atoms. The van der Waals surface area contributed by atoms with Crippen molar-refractivity contribution in [2.24, 2.45) is 5.92 Å². The van der Waals surface area contributed by atoms with Gasteiger partial charge >= 0.3 is 5.97 Å². The first kappa shape index (κ1) is 24.3. The number of anilines is 2. The SMILES string of the molecule is CC(C)(C)Sc1nc(N)c2c(n1)OCCN(c1ccc([C@H]3CC[C@H](CC(=O)O)CC3)cc1)C2=O. The number of aliphatic carboxylic acids is 1. The number of amides is 1. The number of thioether (sulfide) groups is 1. The quantitative estimate of drug-likeness (QED) is 0.461. The lowest BCUT2D eigenvalue weighted by molar-refractivity contribution is -0.138. The number of carbonyl (C=O) groups is 2. The molecule has 1 aromatic heterocycles. The Morgan fingerprint density at radius 1 is 1.18 bits per heavy atom. The highest BCUT2D eigenvalue weighted by Crippen LogP contribution is 2.38. The first-order valence-corrected chi connectivity index (χ1v) is 12.6. The molecule has 0 radical (unpaired) electrons. The van der Waals surface area contributed by atoms with Crippen molar-refractivity contribution in [2.45, 2.75) is 68.7 Å². The molecule has 2 aliphatic rings. The van der Waals surface area contributed by atoms with Crippen LogP contribution in [0.4, 0.5) is 11.5 Å². The van der Waals surface area contributed by atoms with E-state index < -0.39 is 5.97 Å². The van der Waals surface area contributed by atoms with Gasteiger partial charge in [0.05, 0.1) is 6.54 Å². The van der Waals surface area contributed by atoms with E-state index in [4.69, 9.17) is 15.6 Å². The van der Waals surface area contributed by atoms with E-state index in [0.29, 0.717) is 24.2 Å². The Bertz CT molecular complexity index is 1060. The largest absolute Gasteiger partial charge is 0.481 e. The van der Waals surface area contributed by atoms with Crippen LogP contribution in [-0.4, -0.2) is 44.8 Å². The molecule has 1 aliphatic heterocycles. The summed E-state index contributed by atoms with van der Waals surface area (Å²) in [6, 6.07) is 8.06. The summed E-state index contributed by atoms with van der Waals surface area (Å²) in [4.78, 5) is 34.8. The molecule has 1 saturated carbocycles. The van der Waals surface area contributed by atoms with Crippen LogP contribution in [0.1, 0.15) is 74.7 Å². The molecule has 4 rings (SSSR count). The highest BCUT2D eigenvalue weighted by atomic mass is 32.2. The number of benzene rings is 1. The number of nitrogens with two attached hydrogens (primary N) is 1. The molecular formula is C25H32N4O4S. The fraction of sp³-hybridized carbons (Fsp3) is 0.520. The predicted octanol–water partition coefficient (Wildman–Crippen LogP) is 4.74. The van der Waals surface area contributed by atoms with Gasteiger partial charge in [-0.25, -0.2) is 4.98 Å². The molecule has 182 valence electrons. The van der Waals surface area contributed by atoms with Gasteiger partial charge in [-0.05, 0) is 55.2 Å². The van der Waals surface area contributed by atoms with E-state index >= 15 is 0 Å². The van der Waals surface area contributed by atoms with E-state index in [1.165, 1.54) is 17.3 Å². The number of nitrogen functional groups attached to an aromatic ring is 1. The molecule has 1 fully saturated rings. The van der Waals surface area contributed by atoms with E-state index in [9.17, 15) is 9.59 Å². The minimum Gasteiger partial charge on any atom is -0.481 e. The Morgan fingerprint density at radius 3 is 2.47 bits per heavy atom. The molecule has 9 heteroatoms. The van der Waals surface area contributed by atoms with E-state index in [-0.39, 0.29) is 40.3 Å². The highest BCUT2D eigenvalue weighted by Gasteiger charge is 2.31. The van der Waals surface area contributed by atoms with E-state index in [0.717, 1.165) is 31.4 Å². The number of carbonyl (C=O) groups excluding carboxylic acids is 1. The van der Waals surface area contributed by atoms with Gasteiger partial charge in [-0.15, -0.1) is 0 Å². The van der Waals surface area contributed by atoms with Crippen LogP contribution in [0, 0.1) is 5.92 Å². The zero-order valence-corrected chi connectivity index (χ0v) is 20.7. The number of carboxylic acids is 1. The minimum absolute atomic E-state index is 0.0985.